The molecule has 24 heavy (non-hydrogen) atoms. The Labute approximate surface area is 142 Å². The second kappa shape index (κ2) is 5.86. The van der Waals surface area contributed by atoms with E-state index < -0.39 is 0 Å². The lowest BCUT2D eigenvalue weighted by molar-refractivity contribution is -0.112. The average molecular weight is 338 g/mol. The van der Waals surface area contributed by atoms with Gasteiger partial charge in [-0.15, -0.1) is 0 Å². The van der Waals surface area contributed by atoms with E-state index in [-0.39, 0.29) is 11.5 Å². The predicted molar refractivity (Wildman–Crippen MR) is 93.3 cm³/mol. The molecule has 3 heterocycles. The third kappa shape index (κ3) is 2.77. The highest BCUT2D eigenvalue weighted by molar-refractivity contribution is 6.30. The molecule has 0 atom stereocenters. The summed E-state index contributed by atoms with van der Waals surface area (Å²) < 4.78 is 5.62. The first kappa shape index (κ1) is 14.5. The third-order valence-corrected chi connectivity index (χ3v) is 3.82. The van der Waals surface area contributed by atoms with Gasteiger partial charge in [0.2, 0.25) is 11.7 Å². The van der Waals surface area contributed by atoms with Gasteiger partial charge in [0.25, 0.3) is 0 Å². The van der Waals surface area contributed by atoms with E-state index in [1.54, 1.807) is 30.6 Å². The van der Waals surface area contributed by atoms with Crippen LogP contribution in [-0.2, 0) is 9.53 Å². The molecule has 1 aromatic carbocycles. The summed E-state index contributed by atoms with van der Waals surface area (Å²) in [7, 11) is 0. The molecule has 0 radical (unpaired) electrons. The summed E-state index contributed by atoms with van der Waals surface area (Å²) in [6, 6.07) is 11.0. The van der Waals surface area contributed by atoms with Gasteiger partial charge in [-0.1, -0.05) is 17.7 Å². The van der Waals surface area contributed by atoms with Crippen LogP contribution in [0.25, 0.3) is 17.1 Å². The minimum atomic E-state index is -0.197. The lowest BCUT2D eigenvalue weighted by Gasteiger charge is -2.07. The van der Waals surface area contributed by atoms with E-state index in [0.717, 1.165) is 22.3 Å². The number of hydrogen-bond acceptors (Lipinski definition) is 4. The summed E-state index contributed by atoms with van der Waals surface area (Å²) in [6.45, 7) is 0. The number of carbonyl (C=O) groups is 1. The number of H-pyrrole nitrogens is 1. The van der Waals surface area contributed by atoms with Gasteiger partial charge in [-0.3, -0.25) is 4.79 Å². The van der Waals surface area contributed by atoms with Crippen LogP contribution in [0.5, 0.6) is 0 Å². The fourth-order valence-corrected chi connectivity index (χ4v) is 2.69. The van der Waals surface area contributed by atoms with Crippen molar-refractivity contribution in [2.45, 2.75) is 0 Å². The molecule has 0 aliphatic carbocycles. The van der Waals surface area contributed by atoms with Crippen LogP contribution in [0.4, 0.5) is 5.69 Å². The van der Waals surface area contributed by atoms with Crippen molar-refractivity contribution < 1.29 is 9.53 Å². The average Bonchev–Trinajstić information content (AvgIpc) is 3.12. The molecular weight excluding hydrogens is 326 g/mol. The first-order valence-corrected chi connectivity index (χ1v) is 7.67. The molecule has 118 valence electrons. The van der Waals surface area contributed by atoms with Crippen molar-refractivity contribution in [2.75, 3.05) is 5.32 Å². The molecule has 0 bridgehead atoms. The van der Waals surface area contributed by atoms with Gasteiger partial charge in [-0.2, -0.15) is 0 Å². The number of nitrogens with one attached hydrogen (secondary N) is 2. The number of pyridine rings is 1. The van der Waals surface area contributed by atoms with E-state index in [0.29, 0.717) is 10.9 Å². The Hall–Kier alpha value is -3.05. The molecule has 2 aromatic heterocycles. The minimum Gasteiger partial charge on any atom is -0.437 e. The van der Waals surface area contributed by atoms with E-state index >= 15 is 0 Å². The number of allylic oxidation sites excluding steroid dienone is 1. The maximum atomic E-state index is 12.1. The Bertz CT molecular complexity index is 1000. The summed E-state index contributed by atoms with van der Waals surface area (Å²) in [6.07, 6.45) is 6.62. The van der Waals surface area contributed by atoms with Gasteiger partial charge in [-0.25, -0.2) is 4.98 Å². The quantitative estimate of drug-likeness (QED) is 0.706. The molecule has 1 aliphatic rings. The minimum absolute atomic E-state index is 0.197. The van der Waals surface area contributed by atoms with Crippen molar-refractivity contribution in [2.24, 2.45) is 0 Å². The number of carbonyl (C=O) groups excluding carboxylic acids is 1. The number of aromatic amines is 1. The fraction of sp³-hybridized carbons (Fsp3) is 0. The molecule has 0 saturated carbocycles. The van der Waals surface area contributed by atoms with E-state index in [2.05, 4.69) is 15.3 Å². The normalized spacial score (nSPS) is 15.6. The molecule has 4 rings (SSSR count). The molecule has 0 amide bonds. The molecule has 6 heteroatoms. The van der Waals surface area contributed by atoms with Crippen LogP contribution in [0.2, 0.25) is 5.02 Å². The Morgan fingerprint density at radius 1 is 1.25 bits per heavy atom. The number of hydrogen-bond donors (Lipinski definition) is 2. The topological polar surface area (TPSA) is 67.0 Å². The van der Waals surface area contributed by atoms with Crippen LogP contribution in [0.3, 0.4) is 0 Å². The van der Waals surface area contributed by atoms with Gasteiger partial charge in [0.15, 0.2) is 5.76 Å². The fourth-order valence-electron chi connectivity index (χ4n) is 2.50. The van der Waals surface area contributed by atoms with Gasteiger partial charge in [0.1, 0.15) is 5.65 Å². The first-order valence-electron chi connectivity index (χ1n) is 7.29. The molecule has 5 nitrogen and oxygen atoms in total. The van der Waals surface area contributed by atoms with Crippen molar-refractivity contribution in [3.8, 4) is 0 Å². The van der Waals surface area contributed by atoms with Crippen LogP contribution in [-0.4, -0.2) is 15.8 Å². The van der Waals surface area contributed by atoms with E-state index in [1.807, 2.05) is 24.3 Å². The molecule has 0 spiro atoms. The number of fused-ring (bicyclic) bond motifs is 1. The number of anilines is 1. The summed E-state index contributed by atoms with van der Waals surface area (Å²) in [4.78, 5) is 19.4. The van der Waals surface area contributed by atoms with E-state index in [1.165, 1.54) is 6.08 Å². The summed E-state index contributed by atoms with van der Waals surface area (Å²) in [5.41, 5.74) is 2.36. The number of benzene rings is 1. The molecule has 0 saturated heterocycles. The van der Waals surface area contributed by atoms with Gasteiger partial charge in [0.05, 0.1) is 6.08 Å². The number of aromatic nitrogens is 2. The second-order valence-corrected chi connectivity index (χ2v) is 5.70. The first-order chi connectivity index (χ1) is 11.7. The smallest absolute Gasteiger partial charge is 0.226 e. The largest absolute Gasteiger partial charge is 0.437 e. The van der Waals surface area contributed by atoms with E-state index in [9.17, 15) is 4.79 Å². The van der Waals surface area contributed by atoms with E-state index in [4.69, 9.17) is 16.3 Å². The Kier molecular flexibility index (Phi) is 3.55. The highest BCUT2D eigenvalue weighted by Crippen LogP contribution is 2.25. The maximum Gasteiger partial charge on any atom is 0.226 e. The van der Waals surface area contributed by atoms with Crippen molar-refractivity contribution >= 4 is 40.2 Å². The monoisotopic (exact) mass is 337 g/mol. The van der Waals surface area contributed by atoms with Crippen LogP contribution in [0.15, 0.2) is 66.5 Å². The Balaban J connectivity index is 1.57. The van der Waals surface area contributed by atoms with Crippen molar-refractivity contribution in [1.29, 1.82) is 0 Å². The van der Waals surface area contributed by atoms with Gasteiger partial charge in [-0.05, 0) is 36.4 Å². The summed E-state index contributed by atoms with van der Waals surface area (Å²) in [5, 5.41) is 4.56. The SMILES string of the molecule is O=C1C=C(Nc2cccc(Cl)c2)O/C1=C\c1c[nH]c2ncccc12. The van der Waals surface area contributed by atoms with Gasteiger partial charge < -0.3 is 15.0 Å². The lowest BCUT2D eigenvalue weighted by atomic mass is 10.2. The van der Waals surface area contributed by atoms with Gasteiger partial charge >= 0.3 is 0 Å². The number of nitrogens with zero attached hydrogens (tertiary/aromatic N) is 1. The van der Waals surface area contributed by atoms with Crippen molar-refractivity contribution in [3.05, 3.63) is 77.1 Å². The lowest BCUT2D eigenvalue weighted by Crippen LogP contribution is -1.99. The molecule has 2 N–H and O–H groups in total. The third-order valence-electron chi connectivity index (χ3n) is 3.59. The molecule has 0 unspecified atom stereocenters. The van der Waals surface area contributed by atoms with Crippen LogP contribution in [0, 0.1) is 0 Å². The zero-order valence-corrected chi connectivity index (χ0v) is 13.2. The summed E-state index contributed by atoms with van der Waals surface area (Å²) in [5.74, 6) is 0.425. The van der Waals surface area contributed by atoms with Crippen LogP contribution in [0.1, 0.15) is 5.56 Å². The second-order valence-electron chi connectivity index (χ2n) is 5.26. The number of ketones is 1. The molecular formula is C18H12ClN3O2. The van der Waals surface area contributed by atoms with Crippen molar-refractivity contribution in [1.82, 2.24) is 9.97 Å². The zero-order valence-electron chi connectivity index (χ0n) is 12.4. The molecule has 1 aliphatic heterocycles. The number of halogens is 1. The number of rotatable bonds is 3. The van der Waals surface area contributed by atoms with Crippen LogP contribution < -0.4 is 5.32 Å². The Morgan fingerprint density at radius 2 is 2.17 bits per heavy atom. The zero-order chi connectivity index (χ0) is 16.5. The summed E-state index contributed by atoms with van der Waals surface area (Å²) >= 11 is 5.95. The van der Waals surface area contributed by atoms with Crippen LogP contribution >= 0.6 is 11.6 Å². The molecule has 0 fully saturated rings. The maximum absolute atomic E-state index is 12.1. The highest BCUT2D eigenvalue weighted by Gasteiger charge is 2.21. The predicted octanol–water partition coefficient (Wildman–Crippen LogP) is 4.11. The standard InChI is InChI=1S/C18H12ClN3O2/c19-12-3-1-4-13(8-12)22-17-9-15(23)16(24-17)7-11-10-21-18-14(11)5-2-6-20-18/h1-10,22H,(H,20,21)/b16-7-. The van der Waals surface area contributed by atoms with Crippen molar-refractivity contribution in [3.63, 3.8) is 0 Å². The highest BCUT2D eigenvalue weighted by atomic mass is 35.5. The number of ether oxygens (including phenoxy) is 1. The molecule has 3 aromatic rings. The van der Waals surface area contributed by atoms with Gasteiger partial charge in [0, 0.05) is 34.1 Å². The Morgan fingerprint density at radius 3 is 3.04 bits per heavy atom.